The number of esters is 1. The first-order valence-electron chi connectivity index (χ1n) is 11.7. The minimum atomic E-state index is -1.70. The lowest BCUT2D eigenvalue weighted by Crippen LogP contribution is -2.76. The molecule has 1 aliphatic carbocycles. The van der Waals surface area contributed by atoms with Crippen molar-refractivity contribution in [2.24, 2.45) is 11.3 Å². The summed E-state index contributed by atoms with van der Waals surface area (Å²) in [6, 6.07) is 0. The Morgan fingerprint density at radius 1 is 1.09 bits per heavy atom. The highest BCUT2D eigenvalue weighted by molar-refractivity contribution is 5.98. The Kier molecular flexibility index (Phi) is 3.95. The Balaban J connectivity index is 1.56. The second-order valence-electron chi connectivity index (χ2n) is 11.4. The van der Waals surface area contributed by atoms with Gasteiger partial charge in [-0.05, 0) is 46.1 Å². The van der Waals surface area contributed by atoms with E-state index in [0.717, 1.165) is 16.7 Å². The Bertz CT molecular complexity index is 1100. The van der Waals surface area contributed by atoms with Crippen molar-refractivity contribution in [2.45, 2.75) is 95.8 Å². The van der Waals surface area contributed by atoms with Crippen LogP contribution >= 0.6 is 0 Å². The maximum atomic E-state index is 12.5. The van der Waals surface area contributed by atoms with Crippen LogP contribution in [0.3, 0.4) is 0 Å². The van der Waals surface area contributed by atoms with Crippen molar-refractivity contribution in [1.82, 2.24) is 0 Å². The van der Waals surface area contributed by atoms with Gasteiger partial charge in [-0.15, -0.1) is 0 Å². The summed E-state index contributed by atoms with van der Waals surface area (Å²) in [6.07, 6.45) is 0.893. The highest BCUT2D eigenvalue weighted by Gasteiger charge is 2.80. The molecule has 1 aromatic rings. The van der Waals surface area contributed by atoms with E-state index in [9.17, 15) is 15.0 Å². The molecule has 1 spiro atoms. The Morgan fingerprint density at radius 2 is 1.82 bits per heavy atom. The average molecular weight is 461 g/mol. The van der Waals surface area contributed by atoms with Crippen LogP contribution in [0.25, 0.3) is 0 Å². The van der Waals surface area contributed by atoms with Crippen LogP contribution in [0.1, 0.15) is 74.0 Å². The van der Waals surface area contributed by atoms with Gasteiger partial charge in [-0.3, -0.25) is 0 Å². The quantitative estimate of drug-likeness (QED) is 0.617. The number of fused-ring (bicyclic) bond motifs is 5. The van der Waals surface area contributed by atoms with Gasteiger partial charge in [0, 0.05) is 35.3 Å². The molecule has 0 radical (unpaired) electrons. The van der Waals surface area contributed by atoms with Gasteiger partial charge in [0.2, 0.25) is 0 Å². The van der Waals surface area contributed by atoms with E-state index in [0.29, 0.717) is 42.7 Å². The zero-order chi connectivity index (χ0) is 23.8. The van der Waals surface area contributed by atoms with Gasteiger partial charge in [0.15, 0.2) is 0 Å². The number of methoxy groups -OCH3 is 1. The molecule has 4 heterocycles. The molecule has 2 bridgehead atoms. The number of hydrogen-bond acceptors (Lipinski definition) is 8. The molecule has 3 fully saturated rings. The van der Waals surface area contributed by atoms with Crippen LogP contribution in [-0.2, 0) is 27.2 Å². The third kappa shape index (κ3) is 2.29. The van der Waals surface area contributed by atoms with Crippen molar-refractivity contribution in [1.29, 1.82) is 0 Å². The molecule has 2 N–H and O–H groups in total. The van der Waals surface area contributed by atoms with Gasteiger partial charge in [0.25, 0.3) is 5.97 Å². The molecule has 5 aliphatic rings. The lowest BCUT2D eigenvalue weighted by molar-refractivity contribution is -0.384. The van der Waals surface area contributed by atoms with Gasteiger partial charge in [0.1, 0.15) is 40.5 Å². The molecule has 4 aliphatic heterocycles. The summed E-state index contributed by atoms with van der Waals surface area (Å²) >= 11 is 0. The summed E-state index contributed by atoms with van der Waals surface area (Å²) in [7, 11) is 1.57. The first-order valence-corrected chi connectivity index (χ1v) is 11.7. The minimum Gasteiger partial charge on any atom is -0.495 e. The van der Waals surface area contributed by atoms with Crippen molar-refractivity contribution in [3.05, 3.63) is 22.3 Å². The second kappa shape index (κ2) is 6.03. The van der Waals surface area contributed by atoms with E-state index in [-0.39, 0.29) is 18.5 Å². The normalized spacial score (nSPS) is 44.2. The monoisotopic (exact) mass is 460 g/mol. The fraction of sp³-hybridized carbons (Fsp3) is 0.720. The van der Waals surface area contributed by atoms with E-state index in [2.05, 4.69) is 6.92 Å². The molecule has 8 nitrogen and oxygen atoms in total. The fourth-order valence-electron chi connectivity index (χ4n) is 8.09. The van der Waals surface area contributed by atoms with E-state index in [1.807, 2.05) is 27.7 Å². The molecule has 0 aromatic heterocycles. The molecular formula is C25H32O8. The maximum Gasteiger partial charge on any atom is 0.342 e. The van der Waals surface area contributed by atoms with Crippen LogP contribution in [0, 0.1) is 18.3 Å². The number of cyclic esters (lactones) is 1. The summed E-state index contributed by atoms with van der Waals surface area (Å²) in [5.41, 5.74) is -0.292. The summed E-state index contributed by atoms with van der Waals surface area (Å²) < 4.78 is 30.2. The zero-order valence-corrected chi connectivity index (χ0v) is 20.0. The van der Waals surface area contributed by atoms with Gasteiger partial charge < -0.3 is 33.9 Å². The topological polar surface area (TPSA) is 104 Å². The van der Waals surface area contributed by atoms with Crippen LogP contribution < -0.4 is 9.47 Å². The van der Waals surface area contributed by atoms with Gasteiger partial charge >= 0.3 is 5.97 Å². The molecule has 0 unspecified atom stereocenters. The van der Waals surface area contributed by atoms with Crippen LogP contribution in [-0.4, -0.2) is 52.2 Å². The van der Waals surface area contributed by atoms with E-state index >= 15 is 0 Å². The summed E-state index contributed by atoms with van der Waals surface area (Å²) in [5.74, 6) is -0.947. The standard InChI is InChI=1S/C25H32O8/c1-12-14-11-30-20(27)17(14)19(29-6)13-9-15-22(4)7-8-24(28)32-21(2,3)25(22,33-24)16(26)10-23(15,5)31-18(12)13/h15-16,26,28H,7-11H2,1-6H3/t15-,16-,22-,23+,24+,25-/m0/s1. The van der Waals surface area contributed by atoms with Crippen LogP contribution in [0.2, 0.25) is 0 Å². The molecule has 1 saturated carbocycles. The highest BCUT2D eigenvalue weighted by Crippen LogP contribution is 2.70. The molecule has 2 saturated heterocycles. The van der Waals surface area contributed by atoms with Crippen molar-refractivity contribution >= 4 is 5.97 Å². The van der Waals surface area contributed by atoms with Crippen molar-refractivity contribution in [3.63, 3.8) is 0 Å². The Morgan fingerprint density at radius 3 is 2.52 bits per heavy atom. The SMILES string of the molecule is COc1c2c(c(C)c3c1C(=O)OC3)O[C@]1(C)C[C@H](O)[C@@]34O[C@@](O)(CC[C@@]3(C)[C@@H]1C2)OC4(C)C. The Labute approximate surface area is 193 Å². The summed E-state index contributed by atoms with van der Waals surface area (Å²) in [6.45, 7) is 10.1. The molecule has 6 atom stereocenters. The number of carbonyl (C=O) groups is 1. The van der Waals surface area contributed by atoms with E-state index in [1.54, 1.807) is 7.11 Å². The minimum absolute atomic E-state index is 0.0878. The number of aliphatic hydroxyl groups excluding tert-OH is 1. The molecule has 180 valence electrons. The van der Waals surface area contributed by atoms with Crippen LogP contribution in [0.4, 0.5) is 0 Å². The summed E-state index contributed by atoms with van der Waals surface area (Å²) in [4.78, 5) is 12.5. The van der Waals surface area contributed by atoms with Gasteiger partial charge in [-0.2, -0.15) is 0 Å². The first kappa shape index (κ1) is 21.6. The predicted molar refractivity (Wildman–Crippen MR) is 115 cm³/mol. The van der Waals surface area contributed by atoms with Gasteiger partial charge in [-0.25, -0.2) is 4.79 Å². The number of aliphatic hydroxyl groups is 2. The highest BCUT2D eigenvalue weighted by atomic mass is 16.9. The maximum absolute atomic E-state index is 12.5. The van der Waals surface area contributed by atoms with Gasteiger partial charge in [-0.1, -0.05) is 6.92 Å². The van der Waals surface area contributed by atoms with Crippen molar-refractivity contribution < 1.29 is 38.7 Å². The number of carbonyl (C=O) groups excluding carboxylic acids is 1. The molecule has 0 amide bonds. The van der Waals surface area contributed by atoms with Gasteiger partial charge in [0.05, 0.1) is 13.2 Å². The third-order valence-corrected chi connectivity index (χ3v) is 9.38. The largest absolute Gasteiger partial charge is 0.495 e. The molecule has 1 aromatic carbocycles. The first-order chi connectivity index (χ1) is 15.3. The van der Waals surface area contributed by atoms with Crippen molar-refractivity contribution in [2.75, 3.05) is 7.11 Å². The molecule has 8 heteroatoms. The zero-order valence-electron chi connectivity index (χ0n) is 20.0. The lowest BCUT2D eigenvalue weighted by atomic mass is 9.46. The Hall–Kier alpha value is -1.87. The molecule has 33 heavy (non-hydrogen) atoms. The smallest absolute Gasteiger partial charge is 0.342 e. The van der Waals surface area contributed by atoms with E-state index in [4.69, 9.17) is 23.7 Å². The fourth-order valence-corrected chi connectivity index (χ4v) is 8.09. The molecular weight excluding hydrogens is 428 g/mol. The molecule has 6 rings (SSSR count). The van der Waals surface area contributed by atoms with E-state index < -0.39 is 34.3 Å². The number of rotatable bonds is 1. The number of ether oxygens (including phenoxy) is 5. The van der Waals surface area contributed by atoms with Crippen LogP contribution in [0.5, 0.6) is 11.5 Å². The van der Waals surface area contributed by atoms with Crippen LogP contribution in [0.15, 0.2) is 0 Å². The van der Waals surface area contributed by atoms with Crippen molar-refractivity contribution in [3.8, 4) is 11.5 Å². The third-order valence-electron chi connectivity index (χ3n) is 9.38. The predicted octanol–water partition coefficient (Wildman–Crippen LogP) is 2.76. The number of hydrogen-bond donors (Lipinski definition) is 2. The lowest BCUT2D eigenvalue weighted by Gasteiger charge is -2.66. The van der Waals surface area contributed by atoms with E-state index in [1.165, 1.54) is 0 Å². The average Bonchev–Trinajstić information content (AvgIpc) is 3.19. The summed E-state index contributed by atoms with van der Waals surface area (Å²) in [5, 5.41) is 22.6. The second-order valence-corrected chi connectivity index (χ2v) is 11.4. The number of benzene rings is 1.